The first-order valence-electron chi connectivity index (χ1n) is 7.17. The third-order valence-corrected chi connectivity index (χ3v) is 4.22. The van der Waals surface area contributed by atoms with Crippen LogP contribution >= 0.6 is 0 Å². The van der Waals surface area contributed by atoms with Crippen molar-refractivity contribution in [2.75, 3.05) is 13.2 Å². The van der Waals surface area contributed by atoms with Gasteiger partial charge < -0.3 is 10.5 Å². The molecule has 0 aliphatic heterocycles. The summed E-state index contributed by atoms with van der Waals surface area (Å²) in [7, 11) is 0. The van der Waals surface area contributed by atoms with E-state index in [1.54, 1.807) is 0 Å². The van der Waals surface area contributed by atoms with Crippen molar-refractivity contribution in [3.05, 3.63) is 29.8 Å². The molecule has 1 aromatic carbocycles. The van der Waals surface area contributed by atoms with E-state index in [-0.39, 0.29) is 5.41 Å². The molecule has 1 aliphatic rings. The minimum atomic E-state index is 0.241. The van der Waals surface area contributed by atoms with E-state index in [1.807, 2.05) is 6.92 Å². The minimum Gasteiger partial charge on any atom is -0.494 e. The van der Waals surface area contributed by atoms with Crippen LogP contribution in [0.3, 0.4) is 0 Å². The van der Waals surface area contributed by atoms with Crippen LogP contribution in [0.4, 0.5) is 0 Å². The molecular weight excluding hydrogens is 222 g/mol. The highest BCUT2D eigenvalue weighted by atomic mass is 16.5. The highest BCUT2D eigenvalue weighted by Crippen LogP contribution is 2.49. The summed E-state index contributed by atoms with van der Waals surface area (Å²) in [6, 6.07) is 8.53. The SMILES string of the molecule is CCCC1CC(CN)(c2ccc(OCC)cc2)C1. The summed E-state index contributed by atoms with van der Waals surface area (Å²) in [5.74, 6) is 1.84. The first kappa shape index (κ1) is 13.4. The second kappa shape index (κ2) is 5.75. The Morgan fingerprint density at radius 2 is 1.89 bits per heavy atom. The Morgan fingerprint density at radius 3 is 2.39 bits per heavy atom. The molecule has 0 unspecified atom stereocenters. The van der Waals surface area contributed by atoms with Crippen molar-refractivity contribution in [1.29, 1.82) is 0 Å². The highest BCUT2D eigenvalue weighted by molar-refractivity contribution is 5.35. The molecule has 1 aromatic rings. The Labute approximate surface area is 111 Å². The number of ether oxygens (including phenoxy) is 1. The monoisotopic (exact) mass is 247 g/mol. The van der Waals surface area contributed by atoms with Crippen LogP contribution in [0.2, 0.25) is 0 Å². The van der Waals surface area contributed by atoms with Gasteiger partial charge in [-0.3, -0.25) is 0 Å². The lowest BCUT2D eigenvalue weighted by Crippen LogP contribution is -2.47. The topological polar surface area (TPSA) is 35.2 Å². The molecular formula is C16H25NO. The Balaban J connectivity index is 2.05. The van der Waals surface area contributed by atoms with Gasteiger partial charge in [-0.25, -0.2) is 0 Å². The Hall–Kier alpha value is -1.02. The van der Waals surface area contributed by atoms with E-state index < -0.39 is 0 Å². The normalized spacial score (nSPS) is 26.7. The van der Waals surface area contributed by atoms with Gasteiger partial charge in [-0.05, 0) is 43.4 Å². The molecule has 2 rings (SSSR count). The van der Waals surface area contributed by atoms with Gasteiger partial charge in [0.25, 0.3) is 0 Å². The van der Waals surface area contributed by atoms with Crippen LogP contribution in [0.25, 0.3) is 0 Å². The van der Waals surface area contributed by atoms with Crippen molar-refractivity contribution in [2.24, 2.45) is 11.7 Å². The number of rotatable bonds is 6. The highest BCUT2D eigenvalue weighted by Gasteiger charge is 2.43. The van der Waals surface area contributed by atoms with E-state index in [1.165, 1.54) is 31.2 Å². The van der Waals surface area contributed by atoms with Gasteiger partial charge in [0, 0.05) is 12.0 Å². The van der Waals surface area contributed by atoms with Gasteiger partial charge in [0.05, 0.1) is 6.61 Å². The molecule has 1 fully saturated rings. The molecule has 0 heterocycles. The zero-order chi connectivity index (χ0) is 13.0. The molecule has 100 valence electrons. The van der Waals surface area contributed by atoms with Gasteiger partial charge in [-0.1, -0.05) is 31.9 Å². The molecule has 0 aromatic heterocycles. The van der Waals surface area contributed by atoms with E-state index in [2.05, 4.69) is 31.2 Å². The smallest absolute Gasteiger partial charge is 0.119 e. The lowest BCUT2D eigenvalue weighted by atomic mass is 9.57. The van der Waals surface area contributed by atoms with E-state index in [4.69, 9.17) is 10.5 Å². The summed E-state index contributed by atoms with van der Waals surface area (Å²) in [6.45, 7) is 5.76. The second-order valence-electron chi connectivity index (χ2n) is 5.50. The number of nitrogens with two attached hydrogens (primary N) is 1. The van der Waals surface area contributed by atoms with Crippen LogP contribution in [-0.4, -0.2) is 13.2 Å². The van der Waals surface area contributed by atoms with Crippen molar-refractivity contribution in [3.63, 3.8) is 0 Å². The summed E-state index contributed by atoms with van der Waals surface area (Å²) in [4.78, 5) is 0. The van der Waals surface area contributed by atoms with E-state index in [0.29, 0.717) is 0 Å². The first-order chi connectivity index (χ1) is 8.74. The Kier molecular flexibility index (Phi) is 4.28. The molecule has 0 amide bonds. The van der Waals surface area contributed by atoms with Crippen LogP contribution in [0, 0.1) is 5.92 Å². The summed E-state index contributed by atoms with van der Waals surface area (Å²) in [5, 5.41) is 0. The average Bonchev–Trinajstić information content (AvgIpc) is 2.35. The molecule has 18 heavy (non-hydrogen) atoms. The molecule has 0 spiro atoms. The second-order valence-corrected chi connectivity index (χ2v) is 5.50. The van der Waals surface area contributed by atoms with E-state index >= 15 is 0 Å². The molecule has 1 aliphatic carbocycles. The van der Waals surface area contributed by atoms with E-state index in [0.717, 1.165) is 24.8 Å². The average molecular weight is 247 g/mol. The lowest BCUT2D eigenvalue weighted by Gasteiger charge is -2.48. The summed E-state index contributed by atoms with van der Waals surface area (Å²) in [5.41, 5.74) is 7.65. The molecule has 0 bridgehead atoms. The zero-order valence-corrected chi connectivity index (χ0v) is 11.6. The third kappa shape index (κ3) is 2.54. The molecule has 2 N–H and O–H groups in total. The van der Waals surface area contributed by atoms with Crippen LogP contribution in [0.5, 0.6) is 5.75 Å². The van der Waals surface area contributed by atoms with Crippen LogP contribution in [-0.2, 0) is 5.41 Å². The predicted octanol–water partition coefficient (Wildman–Crippen LogP) is 3.49. The largest absolute Gasteiger partial charge is 0.494 e. The summed E-state index contributed by atoms with van der Waals surface area (Å²) >= 11 is 0. The Bertz CT molecular complexity index is 365. The maximum absolute atomic E-state index is 6.02. The molecule has 2 nitrogen and oxygen atoms in total. The number of hydrogen-bond donors (Lipinski definition) is 1. The van der Waals surface area contributed by atoms with Crippen LogP contribution in [0.15, 0.2) is 24.3 Å². The predicted molar refractivity (Wildman–Crippen MR) is 76.0 cm³/mol. The van der Waals surface area contributed by atoms with Crippen molar-refractivity contribution in [1.82, 2.24) is 0 Å². The van der Waals surface area contributed by atoms with Gasteiger partial charge in [0.1, 0.15) is 5.75 Å². The molecule has 0 atom stereocenters. The Morgan fingerprint density at radius 1 is 1.22 bits per heavy atom. The van der Waals surface area contributed by atoms with Gasteiger partial charge in [0.15, 0.2) is 0 Å². The van der Waals surface area contributed by atoms with Crippen molar-refractivity contribution >= 4 is 0 Å². The summed E-state index contributed by atoms with van der Waals surface area (Å²) in [6.07, 6.45) is 5.14. The van der Waals surface area contributed by atoms with Crippen molar-refractivity contribution in [2.45, 2.75) is 44.9 Å². The quantitative estimate of drug-likeness (QED) is 0.835. The van der Waals surface area contributed by atoms with Gasteiger partial charge in [-0.2, -0.15) is 0 Å². The third-order valence-electron chi connectivity index (χ3n) is 4.22. The van der Waals surface area contributed by atoms with Crippen LogP contribution < -0.4 is 10.5 Å². The fraction of sp³-hybridized carbons (Fsp3) is 0.625. The molecule has 0 saturated heterocycles. The van der Waals surface area contributed by atoms with Crippen molar-refractivity contribution < 1.29 is 4.74 Å². The molecule has 0 radical (unpaired) electrons. The fourth-order valence-electron chi connectivity index (χ4n) is 3.25. The van der Waals surface area contributed by atoms with Crippen molar-refractivity contribution in [3.8, 4) is 5.75 Å². The maximum Gasteiger partial charge on any atom is 0.119 e. The minimum absolute atomic E-state index is 0.241. The van der Waals surface area contributed by atoms with E-state index in [9.17, 15) is 0 Å². The first-order valence-corrected chi connectivity index (χ1v) is 7.17. The van der Waals surface area contributed by atoms with Gasteiger partial charge in [-0.15, -0.1) is 0 Å². The number of benzene rings is 1. The standard InChI is InChI=1S/C16H25NO/c1-3-5-13-10-16(11-13,12-17)14-6-8-15(9-7-14)18-4-2/h6-9,13H,3-5,10-12,17H2,1-2H3. The maximum atomic E-state index is 6.02. The number of hydrogen-bond acceptors (Lipinski definition) is 2. The lowest BCUT2D eigenvalue weighted by molar-refractivity contribution is 0.139. The van der Waals surface area contributed by atoms with Gasteiger partial charge >= 0.3 is 0 Å². The van der Waals surface area contributed by atoms with Gasteiger partial charge in [0.2, 0.25) is 0 Å². The summed E-state index contributed by atoms with van der Waals surface area (Å²) < 4.78 is 5.49. The molecule has 1 saturated carbocycles. The van der Waals surface area contributed by atoms with Crippen LogP contribution in [0.1, 0.15) is 45.1 Å². The fourth-order valence-corrected chi connectivity index (χ4v) is 3.25. The molecule has 2 heteroatoms. The zero-order valence-electron chi connectivity index (χ0n) is 11.6.